The number of carbonyl (C=O) groups excluding carboxylic acids is 3. The summed E-state index contributed by atoms with van der Waals surface area (Å²) in [6.45, 7) is -0.112. The molecule has 7 rings (SSSR count). The first-order valence-electron chi connectivity index (χ1n) is 13.6. The van der Waals surface area contributed by atoms with Crippen LogP contribution in [-0.2, 0) is 21.4 Å². The molecule has 2 spiro atoms. The van der Waals surface area contributed by atoms with Gasteiger partial charge in [-0.25, -0.2) is 9.57 Å². The zero-order valence-corrected chi connectivity index (χ0v) is 21.4. The third-order valence-corrected chi connectivity index (χ3v) is 9.63. The largest absolute Gasteiger partial charge is 0.370 e. The maximum Gasteiger partial charge on any atom is 0.346 e. The number of likely N-dealkylation sites (tertiary alicyclic amines) is 1. The molecule has 2 saturated heterocycles. The van der Waals surface area contributed by atoms with Gasteiger partial charge in [-0.15, -0.1) is 0 Å². The van der Waals surface area contributed by atoms with Gasteiger partial charge in [0.25, 0.3) is 5.91 Å². The van der Waals surface area contributed by atoms with Crippen LogP contribution in [0.4, 0.5) is 0 Å². The predicted octanol–water partition coefficient (Wildman–Crippen LogP) is -2.72. The van der Waals surface area contributed by atoms with Crippen LogP contribution >= 0.6 is 0 Å². The van der Waals surface area contributed by atoms with E-state index in [9.17, 15) is 24.6 Å². The lowest BCUT2D eigenvalue weighted by atomic mass is 9.78. The van der Waals surface area contributed by atoms with E-state index in [-0.39, 0.29) is 55.1 Å². The minimum Gasteiger partial charge on any atom is -0.370 e. The van der Waals surface area contributed by atoms with Crippen molar-refractivity contribution in [3.8, 4) is 0 Å². The number of fused-ring (bicyclic) bond motifs is 2. The molecule has 1 aromatic carbocycles. The number of carbonyl (C=O) groups is 3. The molecule has 1 saturated carbocycles. The van der Waals surface area contributed by atoms with Gasteiger partial charge in [0.05, 0.1) is 13.1 Å². The molecule has 1 unspecified atom stereocenters. The molecule has 206 valence electrons. The van der Waals surface area contributed by atoms with Crippen LogP contribution in [0.3, 0.4) is 0 Å². The van der Waals surface area contributed by atoms with Crippen molar-refractivity contribution in [3.63, 3.8) is 0 Å². The van der Waals surface area contributed by atoms with Crippen molar-refractivity contribution in [2.24, 2.45) is 16.5 Å². The number of guanidine groups is 2. The lowest BCUT2D eigenvalue weighted by Crippen LogP contribution is -2.79. The molecule has 13 heteroatoms. The van der Waals surface area contributed by atoms with Gasteiger partial charge in [-0.1, -0.05) is 12.1 Å². The van der Waals surface area contributed by atoms with Crippen molar-refractivity contribution in [2.45, 2.75) is 79.9 Å². The smallest absolute Gasteiger partial charge is 0.346 e. The van der Waals surface area contributed by atoms with Gasteiger partial charge in [-0.3, -0.25) is 30.3 Å². The first-order chi connectivity index (χ1) is 18.6. The van der Waals surface area contributed by atoms with Crippen LogP contribution in [0, 0.1) is 0 Å². The molecule has 9 N–H and O–H groups in total. The Balaban J connectivity index is 1.20. The zero-order chi connectivity index (χ0) is 27.3. The SMILES string of the molecule is NC1=N[C@H]2[C@H](CN3C(=O)CCC3=O)NC(N)=[N+]3CC(NC(=O)c4cccc5c4CCCC54CC4)C(O)(O)[C@]23N1. The summed E-state index contributed by atoms with van der Waals surface area (Å²) in [6.07, 6.45) is 5.47. The van der Waals surface area contributed by atoms with Crippen molar-refractivity contribution in [3.05, 3.63) is 34.9 Å². The number of hydrogen-bond acceptors (Lipinski definition) is 10. The fourth-order valence-corrected chi connectivity index (χ4v) is 7.54. The molecule has 3 fully saturated rings. The Hall–Kier alpha value is -3.71. The summed E-state index contributed by atoms with van der Waals surface area (Å²) in [4.78, 5) is 43.8. The number of amides is 3. The third kappa shape index (κ3) is 3.22. The highest BCUT2D eigenvalue weighted by atomic mass is 16.5. The highest BCUT2D eigenvalue weighted by Gasteiger charge is 2.75. The molecule has 13 nitrogen and oxygen atoms in total. The number of rotatable bonds is 4. The maximum atomic E-state index is 13.6. The summed E-state index contributed by atoms with van der Waals surface area (Å²) in [5, 5.41) is 32.3. The minimum atomic E-state index is -2.57. The van der Waals surface area contributed by atoms with Crippen LogP contribution in [0.1, 0.15) is 60.0 Å². The van der Waals surface area contributed by atoms with Gasteiger partial charge in [0.1, 0.15) is 18.1 Å². The summed E-state index contributed by atoms with van der Waals surface area (Å²) >= 11 is 0. The average molecular weight is 538 g/mol. The Morgan fingerprint density at radius 1 is 1.15 bits per heavy atom. The van der Waals surface area contributed by atoms with Crippen LogP contribution < -0.4 is 27.4 Å². The highest BCUT2D eigenvalue weighted by molar-refractivity contribution is 6.02. The Morgan fingerprint density at radius 3 is 2.62 bits per heavy atom. The summed E-state index contributed by atoms with van der Waals surface area (Å²) in [7, 11) is 0. The van der Waals surface area contributed by atoms with Crippen LogP contribution in [0.15, 0.2) is 23.2 Å². The molecule has 4 heterocycles. The van der Waals surface area contributed by atoms with E-state index in [0.29, 0.717) is 5.56 Å². The molecule has 0 radical (unpaired) electrons. The molecule has 3 amide bonds. The Kier molecular flexibility index (Phi) is 4.94. The van der Waals surface area contributed by atoms with E-state index < -0.39 is 35.5 Å². The summed E-state index contributed by atoms with van der Waals surface area (Å²) in [5.74, 6) is -3.54. The standard InChI is InChI=1S/C26H32N8O5/c27-22-31-20-16(11-33-18(35)6-7-19(33)36)29-23(28)34-12-17(26(38,39)25(20,34)32-22)30-21(37)14-3-1-5-15-13(14)4-2-8-24(15)9-10-24/h1,3,5,16-17,20,38-39H,2,4,6-12H2,(H6,27,28,29,30,31,32,37)/p+1/t16-,17?,20-,25-/m0/s1. The van der Waals surface area contributed by atoms with Crippen LogP contribution in [0.25, 0.3) is 0 Å². The lowest BCUT2D eigenvalue weighted by Gasteiger charge is -2.44. The van der Waals surface area contributed by atoms with Gasteiger partial charge >= 0.3 is 5.96 Å². The normalized spacial score (nSPS) is 33.2. The molecule has 0 aromatic heterocycles. The van der Waals surface area contributed by atoms with Gasteiger partial charge in [0.15, 0.2) is 5.96 Å². The van der Waals surface area contributed by atoms with Crippen LogP contribution in [-0.4, -0.2) is 92.0 Å². The molecular formula is C26H33N8O5+. The van der Waals surface area contributed by atoms with E-state index in [0.717, 1.165) is 42.6 Å². The van der Waals surface area contributed by atoms with Gasteiger partial charge in [-0.2, -0.15) is 0 Å². The van der Waals surface area contributed by atoms with Gasteiger partial charge in [0, 0.05) is 18.4 Å². The molecule has 4 aliphatic heterocycles. The first-order valence-corrected chi connectivity index (χ1v) is 13.6. The van der Waals surface area contributed by atoms with Crippen molar-refractivity contribution in [1.29, 1.82) is 0 Å². The van der Waals surface area contributed by atoms with Crippen molar-refractivity contribution in [2.75, 3.05) is 13.1 Å². The lowest BCUT2D eigenvalue weighted by molar-refractivity contribution is -0.623. The molecule has 1 aromatic rings. The van der Waals surface area contributed by atoms with Gasteiger partial charge in [0.2, 0.25) is 23.3 Å². The second-order valence-electron chi connectivity index (χ2n) is 11.7. The topological polar surface area (TPSA) is 198 Å². The van der Waals surface area contributed by atoms with Gasteiger partial charge < -0.3 is 26.6 Å². The fourth-order valence-electron chi connectivity index (χ4n) is 7.54. The average Bonchev–Trinajstić information content (AvgIpc) is 3.38. The molecule has 4 atom stereocenters. The maximum absolute atomic E-state index is 13.6. The van der Waals surface area contributed by atoms with Crippen LogP contribution in [0.2, 0.25) is 0 Å². The molecule has 2 aliphatic carbocycles. The summed E-state index contributed by atoms with van der Waals surface area (Å²) in [5.41, 5.74) is 13.7. The Labute approximate surface area is 224 Å². The fraction of sp³-hybridized carbons (Fsp3) is 0.577. The third-order valence-electron chi connectivity index (χ3n) is 9.63. The van der Waals surface area contributed by atoms with Crippen molar-refractivity contribution in [1.82, 2.24) is 20.9 Å². The Morgan fingerprint density at radius 2 is 1.90 bits per heavy atom. The highest BCUT2D eigenvalue weighted by Crippen LogP contribution is 2.55. The molecule has 6 aliphatic rings. The second kappa shape index (κ2) is 7.92. The second-order valence-corrected chi connectivity index (χ2v) is 11.7. The number of nitrogens with two attached hydrogens (primary N) is 2. The van der Waals surface area contributed by atoms with Gasteiger partial charge in [-0.05, 0) is 54.7 Å². The quantitative estimate of drug-likeness (QED) is 0.121. The number of nitrogens with one attached hydrogen (secondary N) is 3. The minimum absolute atomic E-state index is 0.0445. The molecule has 39 heavy (non-hydrogen) atoms. The molecular weight excluding hydrogens is 504 g/mol. The van der Waals surface area contributed by atoms with E-state index in [1.807, 2.05) is 6.07 Å². The number of nitrogens with zero attached hydrogens (tertiary/aromatic N) is 3. The van der Waals surface area contributed by atoms with E-state index in [4.69, 9.17) is 11.5 Å². The predicted molar refractivity (Wildman–Crippen MR) is 137 cm³/mol. The number of aliphatic imine (C=N–C) groups is 1. The molecule has 0 bridgehead atoms. The first kappa shape index (κ1) is 24.3. The zero-order valence-electron chi connectivity index (χ0n) is 21.4. The summed E-state index contributed by atoms with van der Waals surface area (Å²) < 4.78 is 1.51. The van der Waals surface area contributed by atoms with E-state index in [2.05, 4.69) is 27.0 Å². The number of imide groups is 1. The van der Waals surface area contributed by atoms with E-state index in [1.165, 1.54) is 10.1 Å². The van der Waals surface area contributed by atoms with Crippen LogP contribution in [0.5, 0.6) is 0 Å². The number of aliphatic hydroxyl groups is 2. The number of benzene rings is 1. The van der Waals surface area contributed by atoms with Crippen molar-refractivity contribution >= 4 is 29.6 Å². The van der Waals surface area contributed by atoms with E-state index in [1.54, 1.807) is 6.07 Å². The monoisotopic (exact) mass is 537 g/mol. The van der Waals surface area contributed by atoms with E-state index >= 15 is 0 Å². The number of hydrogen-bond donors (Lipinski definition) is 7. The summed E-state index contributed by atoms with van der Waals surface area (Å²) in [6, 6.07) is 2.94. The van der Waals surface area contributed by atoms with Crippen molar-refractivity contribution < 1.29 is 29.2 Å². The Bertz CT molecular complexity index is 1370.